The van der Waals surface area contributed by atoms with Crippen LogP contribution in [0.2, 0.25) is 0 Å². The van der Waals surface area contributed by atoms with Crippen LogP contribution in [0.4, 0.5) is 0 Å². The van der Waals surface area contributed by atoms with Crippen molar-refractivity contribution in [2.45, 2.75) is 13.3 Å². The number of carbonyl (C=O) groups is 1. The van der Waals surface area contributed by atoms with Gasteiger partial charge in [-0.1, -0.05) is 37.3 Å². The summed E-state index contributed by atoms with van der Waals surface area (Å²) < 4.78 is 5.47. The third kappa shape index (κ3) is 4.89. The van der Waals surface area contributed by atoms with Gasteiger partial charge in [0.05, 0.1) is 0 Å². The summed E-state index contributed by atoms with van der Waals surface area (Å²) in [5, 5.41) is 5.54. The van der Waals surface area contributed by atoms with E-state index >= 15 is 0 Å². The minimum atomic E-state index is -0.297. The summed E-state index contributed by atoms with van der Waals surface area (Å²) in [4.78, 5) is 11.7. The highest BCUT2D eigenvalue weighted by atomic mass is 32.1. The van der Waals surface area contributed by atoms with E-state index in [0.717, 1.165) is 23.7 Å². The largest absolute Gasteiger partial charge is 0.484 e. The molecule has 0 heterocycles. The van der Waals surface area contributed by atoms with Gasteiger partial charge in [0.1, 0.15) is 5.75 Å². The van der Waals surface area contributed by atoms with E-state index in [1.165, 1.54) is 0 Å². The molecule has 2 aromatic rings. The Hall–Kier alpha value is -2.34. The molecule has 0 saturated carbocycles. The summed E-state index contributed by atoms with van der Waals surface area (Å²) in [7, 11) is 0. The summed E-state index contributed by atoms with van der Waals surface area (Å²) >= 11 is 4.99. The molecule has 0 aliphatic rings. The van der Waals surface area contributed by atoms with Crippen LogP contribution in [0.3, 0.4) is 0 Å². The third-order valence-electron chi connectivity index (χ3n) is 2.94. The molecule has 6 heteroatoms. The Bertz CT molecular complexity index is 661. The molecule has 0 aliphatic heterocycles. The first kappa shape index (κ1) is 16.0. The van der Waals surface area contributed by atoms with Gasteiger partial charge in [-0.2, -0.15) is 0 Å². The molecule has 0 aromatic heterocycles. The highest BCUT2D eigenvalue weighted by Crippen LogP contribution is 2.20. The van der Waals surface area contributed by atoms with Gasteiger partial charge < -0.3 is 10.1 Å². The van der Waals surface area contributed by atoms with Crippen LogP contribution in [0, 0.1) is 0 Å². The van der Waals surface area contributed by atoms with Crippen molar-refractivity contribution in [3.63, 3.8) is 0 Å². The Kier molecular flexibility index (Phi) is 5.97. The average Bonchev–Trinajstić information content (AvgIpc) is 2.56. The number of hydrazine groups is 1. The molecule has 0 bridgehead atoms. The molecule has 0 atom stereocenters. The van der Waals surface area contributed by atoms with Crippen molar-refractivity contribution in [2.75, 3.05) is 13.2 Å². The van der Waals surface area contributed by atoms with Crippen LogP contribution in [0.25, 0.3) is 10.8 Å². The zero-order valence-electron chi connectivity index (χ0n) is 12.4. The second-order valence-corrected chi connectivity index (χ2v) is 5.13. The number of rotatable bonds is 5. The van der Waals surface area contributed by atoms with Crippen LogP contribution in [0.1, 0.15) is 13.3 Å². The lowest BCUT2D eigenvalue weighted by molar-refractivity contribution is -0.123. The third-order valence-corrected chi connectivity index (χ3v) is 3.19. The van der Waals surface area contributed by atoms with Gasteiger partial charge in [-0.25, -0.2) is 0 Å². The molecule has 3 N–H and O–H groups in total. The number of nitrogens with one attached hydrogen (secondary N) is 3. The maximum absolute atomic E-state index is 11.7. The van der Waals surface area contributed by atoms with E-state index in [9.17, 15) is 4.79 Å². The van der Waals surface area contributed by atoms with E-state index in [4.69, 9.17) is 17.0 Å². The molecule has 0 fully saturated rings. The Labute approximate surface area is 135 Å². The molecule has 2 rings (SSSR count). The molecule has 0 saturated heterocycles. The molecule has 0 unspecified atom stereocenters. The van der Waals surface area contributed by atoms with Gasteiger partial charge in [0, 0.05) is 6.54 Å². The van der Waals surface area contributed by atoms with E-state index in [-0.39, 0.29) is 12.5 Å². The second-order valence-electron chi connectivity index (χ2n) is 4.73. The highest BCUT2D eigenvalue weighted by Gasteiger charge is 2.04. The molecule has 0 radical (unpaired) electrons. The van der Waals surface area contributed by atoms with Gasteiger partial charge in [0.2, 0.25) is 0 Å². The van der Waals surface area contributed by atoms with Gasteiger partial charge in [-0.15, -0.1) is 0 Å². The quantitative estimate of drug-likeness (QED) is 0.582. The zero-order valence-corrected chi connectivity index (χ0v) is 13.2. The van der Waals surface area contributed by atoms with Crippen molar-refractivity contribution in [1.82, 2.24) is 16.2 Å². The number of benzene rings is 2. The Morgan fingerprint density at radius 2 is 1.91 bits per heavy atom. The molecular weight excluding hydrogens is 298 g/mol. The smallest absolute Gasteiger partial charge is 0.276 e. The average molecular weight is 317 g/mol. The van der Waals surface area contributed by atoms with E-state index in [0.29, 0.717) is 10.9 Å². The summed E-state index contributed by atoms with van der Waals surface area (Å²) in [6.07, 6.45) is 0.959. The monoisotopic (exact) mass is 317 g/mol. The number of thiocarbonyl (C=S) groups is 1. The van der Waals surface area contributed by atoms with Crippen LogP contribution in [-0.2, 0) is 4.79 Å². The molecule has 0 aliphatic carbocycles. The number of ether oxygens (including phenoxy) is 1. The molecule has 1 amide bonds. The van der Waals surface area contributed by atoms with Gasteiger partial charge in [-0.3, -0.25) is 15.6 Å². The van der Waals surface area contributed by atoms with E-state index in [1.807, 2.05) is 49.4 Å². The number of amides is 1. The fourth-order valence-corrected chi connectivity index (χ4v) is 2.00. The van der Waals surface area contributed by atoms with Gasteiger partial charge in [-0.05, 0) is 41.5 Å². The summed E-state index contributed by atoms with van der Waals surface area (Å²) in [6.45, 7) is 2.71. The zero-order chi connectivity index (χ0) is 15.8. The van der Waals surface area contributed by atoms with Crippen molar-refractivity contribution in [3.8, 4) is 5.75 Å². The number of carbonyl (C=O) groups excluding carboxylic acids is 1. The predicted molar refractivity (Wildman–Crippen MR) is 91.6 cm³/mol. The predicted octanol–water partition coefficient (Wildman–Crippen LogP) is 2.12. The fraction of sp³-hybridized carbons (Fsp3) is 0.250. The van der Waals surface area contributed by atoms with Crippen LogP contribution in [0.5, 0.6) is 5.75 Å². The number of hydrogen-bond acceptors (Lipinski definition) is 3. The lowest BCUT2D eigenvalue weighted by Gasteiger charge is -2.11. The summed E-state index contributed by atoms with van der Waals surface area (Å²) in [6, 6.07) is 13.7. The van der Waals surface area contributed by atoms with Crippen molar-refractivity contribution >= 4 is 34.0 Å². The van der Waals surface area contributed by atoms with Crippen molar-refractivity contribution < 1.29 is 9.53 Å². The normalized spacial score (nSPS) is 10.0. The fourth-order valence-electron chi connectivity index (χ4n) is 1.85. The first-order valence-electron chi connectivity index (χ1n) is 7.13. The lowest BCUT2D eigenvalue weighted by Crippen LogP contribution is -2.48. The minimum absolute atomic E-state index is 0.0816. The maximum Gasteiger partial charge on any atom is 0.276 e. The SMILES string of the molecule is CCCNC(=S)NNC(=O)COc1ccc2ccccc2c1. The first-order chi connectivity index (χ1) is 10.7. The van der Waals surface area contributed by atoms with Crippen molar-refractivity contribution in [3.05, 3.63) is 42.5 Å². The number of hydrogen-bond donors (Lipinski definition) is 3. The molecule has 22 heavy (non-hydrogen) atoms. The van der Waals surface area contributed by atoms with Crippen LogP contribution >= 0.6 is 12.2 Å². The summed E-state index contributed by atoms with van der Waals surface area (Å²) in [5.41, 5.74) is 5.11. The van der Waals surface area contributed by atoms with Crippen molar-refractivity contribution in [1.29, 1.82) is 0 Å². The number of fused-ring (bicyclic) bond motifs is 1. The Balaban J connectivity index is 1.78. The van der Waals surface area contributed by atoms with Gasteiger partial charge in [0.15, 0.2) is 11.7 Å². The van der Waals surface area contributed by atoms with Crippen LogP contribution < -0.4 is 20.9 Å². The maximum atomic E-state index is 11.7. The van der Waals surface area contributed by atoms with Crippen LogP contribution in [0.15, 0.2) is 42.5 Å². The Morgan fingerprint density at radius 1 is 1.14 bits per heavy atom. The summed E-state index contributed by atoms with van der Waals surface area (Å²) in [5.74, 6) is 0.356. The second kappa shape index (κ2) is 8.19. The highest BCUT2D eigenvalue weighted by molar-refractivity contribution is 7.80. The molecule has 5 nitrogen and oxygen atoms in total. The van der Waals surface area contributed by atoms with Gasteiger partial charge >= 0.3 is 0 Å². The van der Waals surface area contributed by atoms with E-state index in [1.54, 1.807) is 0 Å². The molecular formula is C16H19N3O2S. The van der Waals surface area contributed by atoms with E-state index < -0.39 is 0 Å². The molecule has 0 spiro atoms. The van der Waals surface area contributed by atoms with Gasteiger partial charge in [0.25, 0.3) is 5.91 Å². The lowest BCUT2D eigenvalue weighted by atomic mass is 10.1. The molecule has 116 valence electrons. The first-order valence-corrected chi connectivity index (χ1v) is 7.54. The van der Waals surface area contributed by atoms with Crippen molar-refractivity contribution in [2.24, 2.45) is 0 Å². The van der Waals surface area contributed by atoms with Crippen LogP contribution in [-0.4, -0.2) is 24.2 Å². The van der Waals surface area contributed by atoms with E-state index in [2.05, 4.69) is 16.2 Å². The minimum Gasteiger partial charge on any atom is -0.484 e. The topological polar surface area (TPSA) is 62.4 Å². The Morgan fingerprint density at radius 3 is 2.68 bits per heavy atom. The molecule has 2 aromatic carbocycles. The standard InChI is InChI=1S/C16H19N3O2S/c1-2-9-17-16(22)19-18-15(20)11-21-14-8-7-12-5-3-4-6-13(12)10-14/h3-8,10H,2,9,11H2,1H3,(H,18,20)(H2,17,19,22).